The van der Waals surface area contributed by atoms with Crippen LogP contribution in [0.2, 0.25) is 0 Å². The lowest BCUT2D eigenvalue weighted by Crippen LogP contribution is -2.15. The second-order valence-electron chi connectivity index (χ2n) is 5.88. The molecule has 0 fully saturated rings. The largest absolute Gasteiger partial charge is 0.495 e. The Morgan fingerprint density at radius 3 is 2.72 bits per heavy atom. The first kappa shape index (κ1) is 17.4. The van der Waals surface area contributed by atoms with Crippen molar-refractivity contribution in [3.63, 3.8) is 0 Å². The highest BCUT2D eigenvalue weighted by Crippen LogP contribution is 2.26. The van der Waals surface area contributed by atoms with Gasteiger partial charge in [0.05, 0.1) is 18.6 Å². The summed E-state index contributed by atoms with van der Waals surface area (Å²) in [7, 11) is 1.61. The van der Waals surface area contributed by atoms with Gasteiger partial charge in [0.1, 0.15) is 5.75 Å². The average molecular weight is 351 g/mol. The number of fused-ring (bicyclic) bond motifs is 1. The van der Waals surface area contributed by atoms with Crippen molar-refractivity contribution in [3.05, 3.63) is 71.8 Å². The molecule has 0 aliphatic rings. The highest BCUT2D eigenvalue weighted by molar-refractivity contribution is 7.99. The van der Waals surface area contributed by atoms with Crippen LogP contribution in [0.3, 0.4) is 0 Å². The number of methoxy groups -OCH3 is 1. The number of rotatable bonds is 6. The Hall–Kier alpha value is -2.46. The predicted octanol–water partition coefficient (Wildman–Crippen LogP) is 5.03. The fraction of sp³-hybridized carbons (Fsp3) is 0.190. The van der Waals surface area contributed by atoms with Crippen molar-refractivity contribution in [2.75, 3.05) is 18.2 Å². The Balaban J connectivity index is 1.60. The van der Waals surface area contributed by atoms with Gasteiger partial charge >= 0.3 is 0 Å². The van der Waals surface area contributed by atoms with E-state index in [0.29, 0.717) is 11.5 Å². The number of ether oxygens (including phenoxy) is 1. The molecule has 1 N–H and O–H groups in total. The number of thioether (sulfide) groups is 1. The standard InChI is InChI=1S/C21H21NO2S/c1-15-10-11-20(24-2)19(12-15)22-21(23)14-25-13-17-8-5-7-16-6-3-4-9-18(16)17/h3-12H,13-14H2,1-2H3,(H,22,23). The number of carbonyl (C=O) groups is 1. The molecule has 3 aromatic carbocycles. The van der Waals surface area contributed by atoms with Gasteiger partial charge in [-0.1, -0.05) is 48.5 Å². The van der Waals surface area contributed by atoms with Gasteiger partial charge in [0, 0.05) is 5.75 Å². The summed E-state index contributed by atoms with van der Waals surface area (Å²) in [6.45, 7) is 1.99. The molecule has 0 saturated carbocycles. The lowest BCUT2D eigenvalue weighted by Gasteiger charge is -2.11. The van der Waals surface area contributed by atoms with E-state index in [9.17, 15) is 4.79 Å². The van der Waals surface area contributed by atoms with Gasteiger partial charge in [-0.25, -0.2) is 0 Å². The van der Waals surface area contributed by atoms with Gasteiger partial charge in [-0.15, -0.1) is 11.8 Å². The summed E-state index contributed by atoms with van der Waals surface area (Å²) in [5.74, 6) is 1.87. The minimum absolute atomic E-state index is 0.0193. The average Bonchev–Trinajstić information content (AvgIpc) is 2.62. The molecular formula is C21H21NO2S. The van der Waals surface area contributed by atoms with Gasteiger partial charge in [0.25, 0.3) is 0 Å². The normalized spacial score (nSPS) is 10.6. The first-order valence-corrected chi connectivity index (χ1v) is 9.32. The summed E-state index contributed by atoms with van der Waals surface area (Å²) in [5, 5.41) is 5.42. The van der Waals surface area contributed by atoms with Crippen LogP contribution in [-0.4, -0.2) is 18.8 Å². The molecule has 128 valence electrons. The number of benzene rings is 3. The van der Waals surface area contributed by atoms with Crippen LogP contribution < -0.4 is 10.1 Å². The molecule has 0 saturated heterocycles. The third-order valence-electron chi connectivity index (χ3n) is 4.00. The van der Waals surface area contributed by atoms with E-state index in [4.69, 9.17) is 4.74 Å². The third kappa shape index (κ3) is 4.34. The number of hydrogen-bond acceptors (Lipinski definition) is 3. The van der Waals surface area contributed by atoms with Gasteiger partial charge < -0.3 is 10.1 Å². The molecule has 0 spiro atoms. The minimum Gasteiger partial charge on any atom is -0.495 e. The summed E-state index contributed by atoms with van der Waals surface area (Å²) in [6, 6.07) is 20.4. The zero-order chi connectivity index (χ0) is 17.6. The van der Waals surface area contributed by atoms with Crippen molar-refractivity contribution in [1.29, 1.82) is 0 Å². The maximum atomic E-state index is 12.3. The lowest BCUT2D eigenvalue weighted by atomic mass is 10.1. The van der Waals surface area contributed by atoms with E-state index in [2.05, 4.69) is 35.6 Å². The van der Waals surface area contributed by atoms with Gasteiger partial charge in [0.15, 0.2) is 0 Å². The molecule has 4 heteroatoms. The Bertz CT molecular complexity index is 887. The Morgan fingerprint density at radius 1 is 1.08 bits per heavy atom. The highest BCUT2D eigenvalue weighted by Gasteiger charge is 2.09. The quantitative estimate of drug-likeness (QED) is 0.677. The summed E-state index contributed by atoms with van der Waals surface area (Å²) in [4.78, 5) is 12.3. The molecule has 0 heterocycles. The topological polar surface area (TPSA) is 38.3 Å². The molecule has 3 nitrogen and oxygen atoms in total. The van der Waals surface area contributed by atoms with E-state index < -0.39 is 0 Å². The molecule has 3 rings (SSSR count). The Morgan fingerprint density at radius 2 is 1.88 bits per heavy atom. The van der Waals surface area contributed by atoms with E-state index in [0.717, 1.165) is 17.0 Å². The fourth-order valence-corrected chi connectivity index (χ4v) is 3.61. The molecule has 0 aliphatic heterocycles. The summed E-state index contributed by atoms with van der Waals surface area (Å²) in [6.07, 6.45) is 0. The minimum atomic E-state index is -0.0193. The molecular weight excluding hydrogens is 330 g/mol. The molecule has 3 aromatic rings. The van der Waals surface area contributed by atoms with Crippen molar-refractivity contribution >= 4 is 34.1 Å². The maximum absolute atomic E-state index is 12.3. The number of aryl methyl sites for hydroxylation is 1. The summed E-state index contributed by atoms with van der Waals surface area (Å²) in [5.41, 5.74) is 3.06. The SMILES string of the molecule is COc1ccc(C)cc1NC(=O)CSCc1cccc2ccccc12. The number of nitrogens with one attached hydrogen (secondary N) is 1. The van der Waals surface area contributed by atoms with Crippen LogP contribution in [0.4, 0.5) is 5.69 Å². The molecule has 0 atom stereocenters. The maximum Gasteiger partial charge on any atom is 0.234 e. The van der Waals surface area contributed by atoms with Crippen LogP contribution in [0.5, 0.6) is 5.75 Å². The molecule has 1 amide bonds. The monoisotopic (exact) mass is 351 g/mol. The predicted molar refractivity (Wildman–Crippen MR) is 106 cm³/mol. The second-order valence-corrected chi connectivity index (χ2v) is 6.87. The fourth-order valence-electron chi connectivity index (χ4n) is 2.78. The molecule has 0 aromatic heterocycles. The lowest BCUT2D eigenvalue weighted by molar-refractivity contribution is -0.113. The van der Waals surface area contributed by atoms with Crippen molar-refractivity contribution < 1.29 is 9.53 Å². The van der Waals surface area contributed by atoms with Gasteiger partial charge in [-0.2, -0.15) is 0 Å². The summed E-state index contributed by atoms with van der Waals surface area (Å²) < 4.78 is 5.30. The molecule has 0 radical (unpaired) electrons. The van der Waals surface area contributed by atoms with Crippen LogP contribution in [0.25, 0.3) is 10.8 Å². The van der Waals surface area contributed by atoms with E-state index in [1.807, 2.05) is 37.3 Å². The smallest absolute Gasteiger partial charge is 0.234 e. The molecule has 0 unspecified atom stereocenters. The summed E-state index contributed by atoms with van der Waals surface area (Å²) >= 11 is 1.61. The number of anilines is 1. The van der Waals surface area contributed by atoms with Crippen molar-refractivity contribution in [2.45, 2.75) is 12.7 Å². The van der Waals surface area contributed by atoms with Crippen LogP contribution in [-0.2, 0) is 10.5 Å². The first-order chi connectivity index (χ1) is 12.2. The van der Waals surface area contributed by atoms with Crippen molar-refractivity contribution in [3.8, 4) is 5.75 Å². The molecule has 25 heavy (non-hydrogen) atoms. The zero-order valence-corrected chi connectivity index (χ0v) is 15.2. The zero-order valence-electron chi connectivity index (χ0n) is 14.4. The first-order valence-electron chi connectivity index (χ1n) is 8.16. The van der Waals surface area contributed by atoms with Crippen LogP contribution >= 0.6 is 11.8 Å². The van der Waals surface area contributed by atoms with Crippen LogP contribution in [0.15, 0.2) is 60.7 Å². The second kappa shape index (κ2) is 8.08. The third-order valence-corrected chi connectivity index (χ3v) is 4.98. The van der Waals surface area contributed by atoms with E-state index in [1.165, 1.54) is 16.3 Å². The van der Waals surface area contributed by atoms with Crippen LogP contribution in [0.1, 0.15) is 11.1 Å². The number of amides is 1. The number of carbonyl (C=O) groups excluding carboxylic acids is 1. The van der Waals surface area contributed by atoms with E-state index in [-0.39, 0.29) is 5.91 Å². The van der Waals surface area contributed by atoms with Crippen LogP contribution in [0, 0.1) is 6.92 Å². The molecule has 0 bridgehead atoms. The molecule has 0 aliphatic carbocycles. The Labute approximate surface area is 152 Å². The number of hydrogen-bond donors (Lipinski definition) is 1. The highest BCUT2D eigenvalue weighted by atomic mass is 32.2. The van der Waals surface area contributed by atoms with Crippen molar-refractivity contribution in [1.82, 2.24) is 0 Å². The van der Waals surface area contributed by atoms with Gasteiger partial charge in [-0.3, -0.25) is 4.79 Å². The Kier molecular flexibility index (Phi) is 5.61. The van der Waals surface area contributed by atoms with E-state index >= 15 is 0 Å². The van der Waals surface area contributed by atoms with Crippen molar-refractivity contribution in [2.24, 2.45) is 0 Å². The van der Waals surface area contributed by atoms with E-state index in [1.54, 1.807) is 18.9 Å². The van der Waals surface area contributed by atoms with Gasteiger partial charge in [0.2, 0.25) is 5.91 Å². The van der Waals surface area contributed by atoms with Gasteiger partial charge in [-0.05, 0) is 41.0 Å².